The van der Waals surface area contributed by atoms with Gasteiger partial charge in [0.05, 0.1) is 18.5 Å². The number of rotatable bonds is 7. The third-order valence-electron chi connectivity index (χ3n) is 2.29. The average Bonchev–Trinajstić information content (AvgIpc) is 2.62. The normalized spacial score (nSPS) is 13.0. The molecule has 0 aliphatic carbocycles. The summed E-state index contributed by atoms with van der Waals surface area (Å²) >= 11 is 4.10. The number of likely N-dealkylation sites (N-methyl/N-ethyl adjacent to an activating group) is 1. The van der Waals surface area contributed by atoms with E-state index in [1.807, 2.05) is 11.9 Å². The average molecular weight is 286 g/mol. The summed E-state index contributed by atoms with van der Waals surface area (Å²) in [6.07, 6.45) is 0.772. The summed E-state index contributed by atoms with van der Waals surface area (Å²) in [7, 11) is 1.83. The van der Waals surface area contributed by atoms with Crippen molar-refractivity contribution >= 4 is 18.5 Å². The minimum atomic E-state index is -0.149. The quantitative estimate of drug-likeness (QED) is 0.580. The molecule has 19 heavy (non-hydrogen) atoms. The molecule has 0 radical (unpaired) electrons. The summed E-state index contributed by atoms with van der Waals surface area (Å²) in [4.78, 5) is 17.7. The molecule has 0 spiro atoms. The van der Waals surface area contributed by atoms with Gasteiger partial charge in [0.25, 0.3) is 0 Å². The molecule has 1 amide bonds. The molecule has 1 unspecified atom stereocenters. The number of nitrogens with one attached hydrogen (secondary N) is 1. The molecule has 0 bridgehead atoms. The lowest BCUT2D eigenvalue weighted by atomic mass is 10.1. The van der Waals surface area contributed by atoms with Crippen LogP contribution in [0, 0.1) is 5.92 Å². The lowest BCUT2D eigenvalue weighted by molar-refractivity contribution is -0.122. The SMILES string of the molecule is CC(C)Cc1nc(CN(C)CC(=O)NC(C)S)no1. The zero-order valence-electron chi connectivity index (χ0n) is 11.9. The Labute approximate surface area is 119 Å². The Kier molecular flexibility index (Phi) is 6.30. The maximum Gasteiger partial charge on any atom is 0.235 e. The third-order valence-corrected chi connectivity index (χ3v) is 2.42. The standard InChI is InChI=1S/C12H22N4O2S/c1-8(2)5-12-14-10(15-18-12)6-16(4)7-11(17)13-9(3)19/h8-9,19H,5-7H2,1-4H3,(H,13,17). The fourth-order valence-corrected chi connectivity index (χ4v) is 1.75. The van der Waals surface area contributed by atoms with Crippen LogP contribution in [0.25, 0.3) is 0 Å². The van der Waals surface area contributed by atoms with E-state index in [-0.39, 0.29) is 17.8 Å². The van der Waals surface area contributed by atoms with Crippen LogP contribution in [-0.4, -0.2) is 39.9 Å². The highest BCUT2D eigenvalue weighted by molar-refractivity contribution is 7.80. The van der Waals surface area contributed by atoms with Gasteiger partial charge in [-0.05, 0) is 19.9 Å². The summed E-state index contributed by atoms with van der Waals surface area (Å²) in [5.74, 6) is 1.65. The van der Waals surface area contributed by atoms with Crippen LogP contribution in [0.5, 0.6) is 0 Å². The highest BCUT2D eigenvalue weighted by atomic mass is 32.1. The Morgan fingerprint density at radius 1 is 1.47 bits per heavy atom. The first-order chi connectivity index (χ1) is 8.86. The molecule has 1 heterocycles. The molecule has 0 saturated heterocycles. The molecule has 0 aliphatic heterocycles. The second-order valence-electron chi connectivity index (χ2n) is 5.12. The monoisotopic (exact) mass is 286 g/mol. The minimum Gasteiger partial charge on any atom is -0.344 e. The van der Waals surface area contributed by atoms with E-state index in [0.717, 1.165) is 6.42 Å². The van der Waals surface area contributed by atoms with E-state index < -0.39 is 0 Å². The summed E-state index contributed by atoms with van der Waals surface area (Å²) in [6.45, 7) is 6.76. The lowest BCUT2D eigenvalue weighted by Crippen LogP contribution is -2.37. The molecule has 1 aromatic heterocycles. The van der Waals surface area contributed by atoms with Crippen molar-refractivity contribution < 1.29 is 9.32 Å². The largest absolute Gasteiger partial charge is 0.344 e. The van der Waals surface area contributed by atoms with Crippen LogP contribution in [0.1, 0.15) is 32.5 Å². The second-order valence-corrected chi connectivity index (χ2v) is 5.89. The van der Waals surface area contributed by atoms with Gasteiger partial charge in [-0.25, -0.2) is 0 Å². The first kappa shape index (κ1) is 16.0. The van der Waals surface area contributed by atoms with Gasteiger partial charge in [-0.1, -0.05) is 19.0 Å². The predicted molar refractivity (Wildman–Crippen MR) is 75.8 cm³/mol. The maximum atomic E-state index is 11.5. The highest BCUT2D eigenvalue weighted by Crippen LogP contribution is 2.06. The topological polar surface area (TPSA) is 71.3 Å². The molecule has 1 atom stereocenters. The van der Waals surface area contributed by atoms with Gasteiger partial charge in [0.2, 0.25) is 11.8 Å². The van der Waals surface area contributed by atoms with Gasteiger partial charge in [-0.2, -0.15) is 17.6 Å². The van der Waals surface area contributed by atoms with Gasteiger partial charge < -0.3 is 9.84 Å². The van der Waals surface area contributed by atoms with Gasteiger partial charge in [0.15, 0.2) is 5.82 Å². The van der Waals surface area contributed by atoms with Crippen LogP contribution in [-0.2, 0) is 17.8 Å². The number of carbonyl (C=O) groups excluding carboxylic acids is 1. The fourth-order valence-electron chi connectivity index (χ4n) is 1.61. The number of hydrogen-bond acceptors (Lipinski definition) is 6. The molecule has 1 N–H and O–H groups in total. The fraction of sp³-hybridized carbons (Fsp3) is 0.750. The van der Waals surface area contributed by atoms with Gasteiger partial charge in [-0.3, -0.25) is 9.69 Å². The van der Waals surface area contributed by atoms with Crippen molar-refractivity contribution in [3.05, 3.63) is 11.7 Å². The smallest absolute Gasteiger partial charge is 0.235 e. The van der Waals surface area contributed by atoms with Crippen molar-refractivity contribution in [1.82, 2.24) is 20.4 Å². The van der Waals surface area contributed by atoms with Crippen LogP contribution in [0.3, 0.4) is 0 Å². The Bertz CT molecular complexity index is 406. The van der Waals surface area contributed by atoms with Crippen LogP contribution in [0.15, 0.2) is 4.52 Å². The van der Waals surface area contributed by atoms with Crippen molar-refractivity contribution in [3.8, 4) is 0 Å². The Hall–Kier alpha value is -1.08. The number of aromatic nitrogens is 2. The Morgan fingerprint density at radius 2 is 2.16 bits per heavy atom. The van der Waals surface area contributed by atoms with Gasteiger partial charge >= 0.3 is 0 Å². The summed E-state index contributed by atoms with van der Waals surface area (Å²) in [5.41, 5.74) is 0. The minimum absolute atomic E-state index is 0.0732. The maximum absolute atomic E-state index is 11.5. The molecule has 0 saturated carbocycles. The molecule has 0 fully saturated rings. The molecule has 1 aromatic rings. The molecule has 7 heteroatoms. The van der Waals surface area contributed by atoms with Crippen LogP contribution < -0.4 is 5.32 Å². The molecule has 6 nitrogen and oxygen atoms in total. The number of hydrogen-bond donors (Lipinski definition) is 2. The highest BCUT2D eigenvalue weighted by Gasteiger charge is 2.12. The van der Waals surface area contributed by atoms with E-state index in [4.69, 9.17) is 4.52 Å². The number of amides is 1. The first-order valence-corrected chi connectivity index (χ1v) is 6.86. The zero-order valence-corrected chi connectivity index (χ0v) is 12.8. The summed E-state index contributed by atoms with van der Waals surface area (Å²) in [5, 5.41) is 6.46. The predicted octanol–water partition coefficient (Wildman–Crippen LogP) is 1.09. The molecule has 0 aliphatic rings. The van der Waals surface area contributed by atoms with E-state index in [0.29, 0.717) is 24.2 Å². The van der Waals surface area contributed by atoms with Crippen molar-refractivity contribution in [2.75, 3.05) is 13.6 Å². The zero-order chi connectivity index (χ0) is 14.4. The lowest BCUT2D eigenvalue weighted by Gasteiger charge is -2.15. The van der Waals surface area contributed by atoms with Gasteiger partial charge in [0, 0.05) is 6.42 Å². The van der Waals surface area contributed by atoms with Crippen molar-refractivity contribution in [2.24, 2.45) is 5.92 Å². The van der Waals surface area contributed by atoms with Crippen molar-refractivity contribution in [3.63, 3.8) is 0 Å². The first-order valence-electron chi connectivity index (χ1n) is 6.34. The van der Waals surface area contributed by atoms with E-state index in [2.05, 4.69) is 41.9 Å². The second kappa shape index (κ2) is 7.49. The van der Waals surface area contributed by atoms with Crippen LogP contribution in [0.2, 0.25) is 0 Å². The summed E-state index contributed by atoms with van der Waals surface area (Å²) < 4.78 is 5.15. The van der Waals surface area contributed by atoms with E-state index in [1.54, 1.807) is 6.92 Å². The van der Waals surface area contributed by atoms with Gasteiger partial charge in [-0.15, -0.1) is 0 Å². The molecular formula is C12H22N4O2S. The number of nitrogens with zero attached hydrogens (tertiary/aromatic N) is 3. The van der Waals surface area contributed by atoms with E-state index in [1.165, 1.54) is 0 Å². The van der Waals surface area contributed by atoms with Crippen molar-refractivity contribution in [2.45, 2.75) is 39.1 Å². The number of carbonyl (C=O) groups is 1. The van der Waals surface area contributed by atoms with E-state index >= 15 is 0 Å². The third kappa shape index (κ3) is 6.58. The van der Waals surface area contributed by atoms with Crippen molar-refractivity contribution in [1.29, 1.82) is 0 Å². The molecule has 0 aromatic carbocycles. The number of thiol groups is 1. The molecular weight excluding hydrogens is 264 g/mol. The molecule has 108 valence electrons. The molecule has 1 rings (SSSR count). The Morgan fingerprint density at radius 3 is 2.74 bits per heavy atom. The van der Waals surface area contributed by atoms with Crippen LogP contribution >= 0.6 is 12.6 Å². The van der Waals surface area contributed by atoms with Crippen LogP contribution in [0.4, 0.5) is 0 Å². The van der Waals surface area contributed by atoms with E-state index in [9.17, 15) is 4.79 Å². The Balaban J connectivity index is 2.41. The summed E-state index contributed by atoms with van der Waals surface area (Å²) in [6, 6.07) is 0. The van der Waals surface area contributed by atoms with Gasteiger partial charge in [0.1, 0.15) is 0 Å².